The highest BCUT2D eigenvalue weighted by molar-refractivity contribution is 4.71. The Morgan fingerprint density at radius 3 is 2.64 bits per heavy atom. The molecule has 0 aromatic rings. The third kappa shape index (κ3) is 7.30. The van der Waals surface area contributed by atoms with Crippen molar-refractivity contribution in [2.75, 3.05) is 33.4 Å². The molecule has 64 valence electrons. The summed E-state index contributed by atoms with van der Waals surface area (Å²) in [5.74, 6) is 0. The molecule has 0 amide bonds. The zero-order chi connectivity index (χ0) is 8.53. The van der Waals surface area contributed by atoms with Gasteiger partial charge >= 0.3 is 0 Å². The van der Waals surface area contributed by atoms with E-state index in [9.17, 15) is 0 Å². The molecule has 0 saturated carbocycles. The van der Waals surface area contributed by atoms with Crippen LogP contribution in [0.2, 0.25) is 0 Å². The first-order valence-corrected chi connectivity index (χ1v) is 3.79. The van der Waals surface area contributed by atoms with Gasteiger partial charge in [-0.25, -0.2) is 0 Å². The second-order valence-corrected chi connectivity index (χ2v) is 2.41. The van der Waals surface area contributed by atoms with Crippen LogP contribution in [0.5, 0.6) is 0 Å². The fourth-order valence-corrected chi connectivity index (χ4v) is 0.699. The summed E-state index contributed by atoms with van der Waals surface area (Å²) < 4.78 is 5.21. The Hall–Kier alpha value is -0.600. The zero-order valence-electron chi connectivity index (χ0n) is 7.25. The molecule has 0 aromatic heterocycles. The summed E-state index contributed by atoms with van der Waals surface area (Å²) in [6, 6.07) is 0. The summed E-state index contributed by atoms with van der Waals surface area (Å²) in [4.78, 5) is 2.15. The Balaban J connectivity index is 3.09. The van der Waals surface area contributed by atoms with Gasteiger partial charge in [0.15, 0.2) is 0 Å². The van der Waals surface area contributed by atoms with Crippen LogP contribution >= 0.6 is 0 Å². The van der Waals surface area contributed by atoms with Crippen LogP contribution in [0.15, 0.2) is 25.3 Å². The van der Waals surface area contributed by atoms with Crippen molar-refractivity contribution < 1.29 is 4.74 Å². The SMILES string of the molecule is C=CCOCCN(C)CC=C. The van der Waals surface area contributed by atoms with Gasteiger partial charge in [-0.3, -0.25) is 0 Å². The standard InChI is InChI=1S/C9H17NO/c1-4-6-10(3)7-9-11-8-5-2/h4-5H,1-2,6-9H2,3H3. The number of hydrogen-bond donors (Lipinski definition) is 0. The van der Waals surface area contributed by atoms with Crippen LogP contribution in [0.3, 0.4) is 0 Å². The second-order valence-electron chi connectivity index (χ2n) is 2.41. The molecule has 0 atom stereocenters. The summed E-state index contributed by atoms with van der Waals surface area (Å²) in [5.41, 5.74) is 0. The van der Waals surface area contributed by atoms with E-state index in [0.717, 1.165) is 19.7 Å². The first kappa shape index (κ1) is 10.4. The largest absolute Gasteiger partial charge is 0.376 e. The lowest BCUT2D eigenvalue weighted by atomic mass is 10.5. The van der Waals surface area contributed by atoms with Crippen molar-refractivity contribution in [3.8, 4) is 0 Å². The molecular weight excluding hydrogens is 138 g/mol. The van der Waals surface area contributed by atoms with Crippen molar-refractivity contribution in [1.82, 2.24) is 4.90 Å². The molecule has 0 unspecified atom stereocenters. The summed E-state index contributed by atoms with van der Waals surface area (Å²) in [6.45, 7) is 10.5. The first-order valence-electron chi connectivity index (χ1n) is 3.79. The maximum atomic E-state index is 5.21. The van der Waals surface area contributed by atoms with Crippen LogP contribution < -0.4 is 0 Å². The fraction of sp³-hybridized carbons (Fsp3) is 0.556. The molecule has 0 aromatic carbocycles. The molecule has 0 spiro atoms. The summed E-state index contributed by atoms with van der Waals surface area (Å²) in [7, 11) is 2.04. The van der Waals surface area contributed by atoms with Crippen molar-refractivity contribution >= 4 is 0 Å². The van der Waals surface area contributed by atoms with Gasteiger partial charge in [0, 0.05) is 13.1 Å². The van der Waals surface area contributed by atoms with Gasteiger partial charge in [-0.15, -0.1) is 13.2 Å². The van der Waals surface area contributed by atoms with E-state index in [4.69, 9.17) is 4.74 Å². The van der Waals surface area contributed by atoms with Gasteiger partial charge in [0.1, 0.15) is 0 Å². The van der Waals surface area contributed by atoms with Crippen molar-refractivity contribution in [2.45, 2.75) is 0 Å². The number of hydrogen-bond acceptors (Lipinski definition) is 2. The second kappa shape index (κ2) is 7.51. The van der Waals surface area contributed by atoms with E-state index in [-0.39, 0.29) is 0 Å². The van der Waals surface area contributed by atoms with E-state index < -0.39 is 0 Å². The van der Waals surface area contributed by atoms with Gasteiger partial charge in [-0.2, -0.15) is 0 Å². The minimum absolute atomic E-state index is 0.641. The molecular formula is C9H17NO. The smallest absolute Gasteiger partial charge is 0.0645 e. The average molecular weight is 155 g/mol. The normalized spacial score (nSPS) is 10.0. The monoisotopic (exact) mass is 155 g/mol. The van der Waals surface area contributed by atoms with E-state index in [1.807, 2.05) is 13.1 Å². The third-order valence-corrected chi connectivity index (χ3v) is 1.29. The summed E-state index contributed by atoms with van der Waals surface area (Å²) in [6.07, 6.45) is 3.64. The van der Waals surface area contributed by atoms with Gasteiger partial charge in [0.2, 0.25) is 0 Å². The molecule has 11 heavy (non-hydrogen) atoms. The quantitative estimate of drug-likeness (QED) is 0.406. The van der Waals surface area contributed by atoms with Gasteiger partial charge < -0.3 is 9.64 Å². The lowest BCUT2D eigenvalue weighted by Gasteiger charge is -2.13. The minimum Gasteiger partial charge on any atom is -0.376 e. The maximum Gasteiger partial charge on any atom is 0.0645 e. The molecule has 0 radical (unpaired) electrons. The lowest BCUT2D eigenvalue weighted by Crippen LogP contribution is -2.23. The number of likely N-dealkylation sites (N-methyl/N-ethyl adjacent to an activating group) is 1. The molecule has 2 heteroatoms. The number of rotatable bonds is 7. The zero-order valence-corrected chi connectivity index (χ0v) is 7.25. The molecule has 0 fully saturated rings. The number of ether oxygens (including phenoxy) is 1. The Morgan fingerprint density at radius 2 is 2.09 bits per heavy atom. The highest BCUT2D eigenvalue weighted by atomic mass is 16.5. The molecule has 0 aliphatic carbocycles. The first-order chi connectivity index (χ1) is 5.31. The third-order valence-electron chi connectivity index (χ3n) is 1.29. The Kier molecular flexibility index (Phi) is 7.10. The van der Waals surface area contributed by atoms with E-state index in [1.165, 1.54) is 0 Å². The van der Waals surface area contributed by atoms with E-state index in [2.05, 4.69) is 18.1 Å². The van der Waals surface area contributed by atoms with Gasteiger partial charge in [-0.05, 0) is 7.05 Å². The summed E-state index contributed by atoms with van der Waals surface area (Å²) >= 11 is 0. The molecule has 0 saturated heterocycles. The van der Waals surface area contributed by atoms with E-state index in [1.54, 1.807) is 6.08 Å². The van der Waals surface area contributed by atoms with Gasteiger partial charge in [-0.1, -0.05) is 12.2 Å². The predicted molar refractivity (Wildman–Crippen MR) is 48.7 cm³/mol. The fourth-order valence-electron chi connectivity index (χ4n) is 0.699. The molecule has 0 heterocycles. The highest BCUT2D eigenvalue weighted by Gasteiger charge is 1.92. The molecule has 0 bridgehead atoms. The van der Waals surface area contributed by atoms with Crippen LogP contribution in [0.25, 0.3) is 0 Å². The average Bonchev–Trinajstić information content (AvgIpc) is 1.99. The summed E-state index contributed by atoms with van der Waals surface area (Å²) in [5, 5.41) is 0. The number of nitrogens with zero attached hydrogens (tertiary/aromatic N) is 1. The van der Waals surface area contributed by atoms with Crippen LogP contribution in [0, 0.1) is 0 Å². The van der Waals surface area contributed by atoms with Gasteiger partial charge in [0.25, 0.3) is 0 Å². The van der Waals surface area contributed by atoms with Gasteiger partial charge in [0.05, 0.1) is 13.2 Å². The Labute approximate surface area is 69.2 Å². The molecule has 0 aliphatic heterocycles. The van der Waals surface area contributed by atoms with Crippen molar-refractivity contribution in [3.05, 3.63) is 25.3 Å². The van der Waals surface area contributed by atoms with Crippen molar-refractivity contribution in [3.63, 3.8) is 0 Å². The van der Waals surface area contributed by atoms with E-state index in [0.29, 0.717) is 6.61 Å². The topological polar surface area (TPSA) is 12.5 Å². The maximum absolute atomic E-state index is 5.21. The molecule has 0 N–H and O–H groups in total. The lowest BCUT2D eigenvalue weighted by molar-refractivity contribution is 0.138. The Morgan fingerprint density at radius 1 is 1.36 bits per heavy atom. The Bertz CT molecular complexity index is 112. The minimum atomic E-state index is 0.641. The van der Waals surface area contributed by atoms with Crippen LogP contribution in [-0.2, 0) is 4.74 Å². The molecule has 0 aliphatic rings. The van der Waals surface area contributed by atoms with Crippen LogP contribution in [0.1, 0.15) is 0 Å². The highest BCUT2D eigenvalue weighted by Crippen LogP contribution is 1.83. The predicted octanol–water partition coefficient (Wildman–Crippen LogP) is 1.31. The van der Waals surface area contributed by atoms with E-state index >= 15 is 0 Å². The molecule has 0 rings (SSSR count). The van der Waals surface area contributed by atoms with Crippen LogP contribution in [0.4, 0.5) is 0 Å². The molecule has 2 nitrogen and oxygen atoms in total. The van der Waals surface area contributed by atoms with Crippen LogP contribution in [-0.4, -0.2) is 38.3 Å². The van der Waals surface area contributed by atoms with Crippen molar-refractivity contribution in [2.24, 2.45) is 0 Å². The van der Waals surface area contributed by atoms with Crippen molar-refractivity contribution in [1.29, 1.82) is 0 Å².